The number of fused-ring (bicyclic) bond motifs is 1. The minimum atomic E-state index is 0.739. The molecular weight excluding hydrogens is 224 g/mol. The van der Waals surface area contributed by atoms with Gasteiger partial charge in [0.25, 0.3) is 0 Å². The van der Waals surface area contributed by atoms with Gasteiger partial charge in [-0.3, -0.25) is 9.58 Å². The molecule has 0 saturated carbocycles. The van der Waals surface area contributed by atoms with Crippen molar-refractivity contribution in [2.24, 2.45) is 0 Å². The summed E-state index contributed by atoms with van der Waals surface area (Å²) in [4.78, 5) is 2.69. The summed E-state index contributed by atoms with van der Waals surface area (Å²) in [7, 11) is 0. The largest absolute Gasteiger partial charge is 0.312 e. The molecule has 1 N–H and O–H groups in total. The van der Waals surface area contributed by atoms with Gasteiger partial charge in [-0.25, -0.2) is 0 Å². The molecule has 0 aromatic carbocycles. The second-order valence-corrected chi connectivity index (χ2v) is 5.57. The number of rotatable bonds is 5. The second kappa shape index (κ2) is 5.85. The molecule has 3 heterocycles. The standard InChI is InChI=1S/C14H24N4/c1-2-9-17-12-6-13(14(17)5-1)15-7-3-10-18-11-4-8-16-18/h4,8,11,13-15H,1-3,5-7,9-10,12H2. The minimum absolute atomic E-state index is 0.739. The zero-order chi connectivity index (χ0) is 12.2. The Balaban J connectivity index is 1.38. The first-order valence-corrected chi connectivity index (χ1v) is 7.38. The second-order valence-electron chi connectivity index (χ2n) is 5.57. The first-order valence-electron chi connectivity index (χ1n) is 7.38. The summed E-state index contributed by atoms with van der Waals surface area (Å²) in [6.45, 7) is 4.79. The molecule has 0 radical (unpaired) electrons. The van der Waals surface area contributed by atoms with E-state index in [1.54, 1.807) is 0 Å². The van der Waals surface area contributed by atoms with Crippen LogP contribution in [0.2, 0.25) is 0 Å². The van der Waals surface area contributed by atoms with Crippen LogP contribution in [0, 0.1) is 0 Å². The van der Waals surface area contributed by atoms with Gasteiger partial charge in [-0.2, -0.15) is 5.10 Å². The van der Waals surface area contributed by atoms with Crippen molar-refractivity contribution in [3.8, 4) is 0 Å². The molecule has 18 heavy (non-hydrogen) atoms. The highest BCUT2D eigenvalue weighted by Gasteiger charge is 2.34. The fraction of sp³-hybridized carbons (Fsp3) is 0.786. The van der Waals surface area contributed by atoms with Gasteiger partial charge >= 0.3 is 0 Å². The van der Waals surface area contributed by atoms with Crippen LogP contribution < -0.4 is 5.32 Å². The van der Waals surface area contributed by atoms with Crippen LogP contribution in [0.15, 0.2) is 18.5 Å². The van der Waals surface area contributed by atoms with Crippen LogP contribution in [0.25, 0.3) is 0 Å². The van der Waals surface area contributed by atoms with Crippen molar-refractivity contribution >= 4 is 0 Å². The Kier molecular flexibility index (Phi) is 3.96. The lowest BCUT2D eigenvalue weighted by atomic mass is 9.99. The number of hydrogen-bond donors (Lipinski definition) is 1. The van der Waals surface area contributed by atoms with Gasteiger partial charge < -0.3 is 5.32 Å². The predicted molar refractivity (Wildman–Crippen MR) is 72.5 cm³/mol. The molecule has 2 aliphatic rings. The van der Waals surface area contributed by atoms with Crippen molar-refractivity contribution in [1.29, 1.82) is 0 Å². The topological polar surface area (TPSA) is 33.1 Å². The molecule has 4 nitrogen and oxygen atoms in total. The average molecular weight is 248 g/mol. The van der Waals surface area contributed by atoms with Crippen molar-refractivity contribution in [2.75, 3.05) is 19.6 Å². The van der Waals surface area contributed by atoms with Crippen LogP contribution in [0.5, 0.6) is 0 Å². The molecule has 4 heteroatoms. The maximum atomic E-state index is 4.23. The van der Waals surface area contributed by atoms with Gasteiger partial charge in [0.2, 0.25) is 0 Å². The summed E-state index contributed by atoms with van der Waals surface area (Å²) in [5.74, 6) is 0. The summed E-state index contributed by atoms with van der Waals surface area (Å²) >= 11 is 0. The molecule has 0 aliphatic carbocycles. The van der Waals surface area contributed by atoms with Gasteiger partial charge in [-0.05, 0) is 44.8 Å². The number of hydrogen-bond acceptors (Lipinski definition) is 3. The number of piperidine rings is 1. The maximum absolute atomic E-state index is 4.23. The predicted octanol–water partition coefficient (Wildman–Crippen LogP) is 1.49. The Labute approximate surface area is 109 Å². The number of aryl methyl sites for hydroxylation is 1. The molecule has 0 amide bonds. The van der Waals surface area contributed by atoms with Crippen molar-refractivity contribution in [1.82, 2.24) is 20.0 Å². The number of nitrogens with one attached hydrogen (secondary N) is 1. The summed E-state index contributed by atoms with van der Waals surface area (Å²) in [6.07, 6.45) is 10.6. The summed E-state index contributed by atoms with van der Waals surface area (Å²) in [5.41, 5.74) is 0. The Morgan fingerprint density at radius 3 is 3.11 bits per heavy atom. The first kappa shape index (κ1) is 12.2. The fourth-order valence-electron chi connectivity index (χ4n) is 3.45. The van der Waals surface area contributed by atoms with Gasteiger partial charge in [-0.1, -0.05) is 6.42 Å². The highest BCUT2D eigenvalue weighted by Crippen LogP contribution is 2.26. The van der Waals surface area contributed by atoms with E-state index in [0.717, 1.165) is 25.2 Å². The normalized spacial score (nSPS) is 28.4. The zero-order valence-corrected chi connectivity index (χ0v) is 11.1. The molecule has 2 atom stereocenters. The summed E-state index contributed by atoms with van der Waals surface area (Å²) in [6, 6.07) is 3.55. The Morgan fingerprint density at radius 1 is 1.22 bits per heavy atom. The van der Waals surface area contributed by atoms with Crippen molar-refractivity contribution in [3.63, 3.8) is 0 Å². The van der Waals surface area contributed by atoms with Gasteiger partial charge in [0.1, 0.15) is 0 Å². The van der Waals surface area contributed by atoms with Gasteiger partial charge in [0, 0.05) is 37.6 Å². The van der Waals surface area contributed by atoms with Crippen molar-refractivity contribution in [3.05, 3.63) is 18.5 Å². The van der Waals surface area contributed by atoms with E-state index in [1.165, 1.54) is 45.2 Å². The third-order valence-corrected chi connectivity index (χ3v) is 4.39. The third kappa shape index (κ3) is 2.75. The van der Waals surface area contributed by atoms with Crippen LogP contribution in [0.3, 0.4) is 0 Å². The molecule has 1 aromatic heterocycles. The van der Waals surface area contributed by atoms with E-state index in [-0.39, 0.29) is 0 Å². The highest BCUT2D eigenvalue weighted by molar-refractivity contribution is 4.93. The zero-order valence-electron chi connectivity index (χ0n) is 11.1. The monoisotopic (exact) mass is 248 g/mol. The lowest BCUT2D eigenvalue weighted by Crippen LogP contribution is -2.45. The van der Waals surface area contributed by atoms with Crippen LogP contribution in [0.1, 0.15) is 32.1 Å². The Morgan fingerprint density at radius 2 is 2.22 bits per heavy atom. The molecule has 2 fully saturated rings. The molecule has 100 valence electrons. The molecule has 2 unspecified atom stereocenters. The van der Waals surface area contributed by atoms with Crippen molar-refractivity contribution in [2.45, 2.75) is 50.7 Å². The van der Waals surface area contributed by atoms with E-state index >= 15 is 0 Å². The summed E-state index contributed by atoms with van der Waals surface area (Å²) in [5, 5.41) is 7.99. The van der Waals surface area contributed by atoms with E-state index in [1.807, 2.05) is 23.1 Å². The molecule has 1 aromatic rings. The Hall–Kier alpha value is -0.870. The third-order valence-electron chi connectivity index (χ3n) is 4.39. The van der Waals surface area contributed by atoms with Crippen LogP contribution in [-0.4, -0.2) is 46.4 Å². The minimum Gasteiger partial charge on any atom is -0.312 e. The molecule has 0 spiro atoms. The maximum Gasteiger partial charge on any atom is 0.0489 e. The SMILES string of the molecule is c1cnn(CCCNC2CCN3CCCCC23)c1. The molecular formula is C14H24N4. The van der Waals surface area contributed by atoms with Crippen molar-refractivity contribution < 1.29 is 0 Å². The van der Waals surface area contributed by atoms with Crippen LogP contribution in [-0.2, 0) is 6.54 Å². The lowest BCUT2D eigenvalue weighted by molar-refractivity contribution is 0.180. The number of aromatic nitrogens is 2. The fourth-order valence-corrected chi connectivity index (χ4v) is 3.45. The van der Waals surface area contributed by atoms with E-state index in [0.29, 0.717) is 0 Å². The van der Waals surface area contributed by atoms with Gasteiger partial charge in [0.15, 0.2) is 0 Å². The molecule has 0 bridgehead atoms. The van der Waals surface area contributed by atoms with Crippen LogP contribution >= 0.6 is 0 Å². The van der Waals surface area contributed by atoms with Gasteiger partial charge in [-0.15, -0.1) is 0 Å². The lowest BCUT2D eigenvalue weighted by Gasteiger charge is -2.32. The first-order chi connectivity index (χ1) is 8.93. The van der Waals surface area contributed by atoms with E-state index in [2.05, 4.69) is 15.3 Å². The average Bonchev–Trinajstić information content (AvgIpc) is 3.04. The molecule has 2 saturated heterocycles. The van der Waals surface area contributed by atoms with E-state index in [9.17, 15) is 0 Å². The van der Waals surface area contributed by atoms with E-state index in [4.69, 9.17) is 0 Å². The van der Waals surface area contributed by atoms with Crippen LogP contribution in [0.4, 0.5) is 0 Å². The van der Waals surface area contributed by atoms with Gasteiger partial charge in [0.05, 0.1) is 0 Å². The summed E-state index contributed by atoms with van der Waals surface area (Å²) < 4.78 is 2.02. The highest BCUT2D eigenvalue weighted by atomic mass is 15.3. The molecule has 3 rings (SSSR count). The Bertz CT molecular complexity index is 349. The van der Waals surface area contributed by atoms with E-state index < -0.39 is 0 Å². The molecule has 2 aliphatic heterocycles. The smallest absolute Gasteiger partial charge is 0.0489 e. The quantitative estimate of drug-likeness (QED) is 0.802. The number of nitrogens with zero attached hydrogens (tertiary/aromatic N) is 3.